The fourth-order valence-corrected chi connectivity index (χ4v) is 5.18. The minimum atomic E-state index is -0.874. The van der Waals surface area contributed by atoms with Crippen molar-refractivity contribution in [1.82, 2.24) is 20.5 Å². The van der Waals surface area contributed by atoms with Gasteiger partial charge in [0, 0.05) is 26.1 Å². The molecule has 3 rings (SSSR count). The van der Waals surface area contributed by atoms with Gasteiger partial charge in [0.15, 0.2) is 0 Å². The second-order valence-corrected chi connectivity index (χ2v) is 12.2. The quantitative estimate of drug-likeness (QED) is 0.423. The summed E-state index contributed by atoms with van der Waals surface area (Å²) in [5.74, 6) is -0.836. The summed E-state index contributed by atoms with van der Waals surface area (Å²) in [6, 6.07) is 6.20. The van der Waals surface area contributed by atoms with Crippen molar-refractivity contribution < 1.29 is 24.2 Å². The number of benzene rings is 1. The summed E-state index contributed by atoms with van der Waals surface area (Å²) in [5.41, 5.74) is 4.17. The smallest absolute Gasteiger partial charge is 0.246 e. The molecule has 0 radical (unpaired) electrons. The van der Waals surface area contributed by atoms with Gasteiger partial charge >= 0.3 is 0 Å². The van der Waals surface area contributed by atoms with E-state index in [9.17, 15) is 19.5 Å². The Morgan fingerprint density at radius 1 is 1.21 bits per heavy atom. The van der Waals surface area contributed by atoms with Crippen LogP contribution >= 0.6 is 11.3 Å². The number of thiazole rings is 1. The predicted octanol–water partition coefficient (Wildman–Crippen LogP) is 2.90. The van der Waals surface area contributed by atoms with E-state index in [1.54, 1.807) is 11.3 Å². The van der Waals surface area contributed by atoms with Gasteiger partial charge in [0.1, 0.15) is 18.7 Å². The van der Waals surface area contributed by atoms with E-state index in [0.717, 1.165) is 21.7 Å². The van der Waals surface area contributed by atoms with E-state index in [1.807, 2.05) is 71.3 Å². The molecule has 3 N–H and O–H groups in total. The van der Waals surface area contributed by atoms with Gasteiger partial charge in [0.25, 0.3) is 0 Å². The van der Waals surface area contributed by atoms with Crippen molar-refractivity contribution in [2.24, 2.45) is 11.3 Å². The Labute approximate surface area is 229 Å². The minimum absolute atomic E-state index is 0.0338. The number of nitrogens with one attached hydrogen (secondary N) is 2. The molecule has 1 saturated heterocycles. The zero-order valence-electron chi connectivity index (χ0n) is 23.1. The Morgan fingerprint density at radius 2 is 1.89 bits per heavy atom. The number of rotatable bonds is 10. The van der Waals surface area contributed by atoms with Gasteiger partial charge in [0.05, 0.1) is 22.2 Å². The van der Waals surface area contributed by atoms with Crippen molar-refractivity contribution >= 4 is 29.1 Å². The van der Waals surface area contributed by atoms with Gasteiger partial charge in [-0.2, -0.15) is 0 Å². The first-order valence-corrected chi connectivity index (χ1v) is 13.9. The normalized spacial score (nSPS) is 18.5. The number of likely N-dealkylation sites (tertiary alicyclic amines) is 1. The number of aryl methyl sites for hydroxylation is 1. The van der Waals surface area contributed by atoms with Gasteiger partial charge in [-0.1, -0.05) is 58.9 Å². The van der Waals surface area contributed by atoms with Gasteiger partial charge in [-0.3, -0.25) is 14.4 Å². The van der Waals surface area contributed by atoms with Gasteiger partial charge in [-0.05, 0) is 29.4 Å². The van der Waals surface area contributed by atoms with Crippen LogP contribution in [0.4, 0.5) is 0 Å². The van der Waals surface area contributed by atoms with E-state index < -0.39 is 35.4 Å². The zero-order chi connectivity index (χ0) is 28.0. The van der Waals surface area contributed by atoms with E-state index in [0.29, 0.717) is 13.2 Å². The average molecular weight is 545 g/mol. The lowest BCUT2D eigenvalue weighted by Gasteiger charge is -2.35. The highest BCUT2D eigenvalue weighted by molar-refractivity contribution is 7.13. The third-order valence-electron chi connectivity index (χ3n) is 6.40. The lowest BCUT2D eigenvalue weighted by atomic mass is 9.85. The second kappa shape index (κ2) is 12.8. The molecule has 1 aliphatic rings. The lowest BCUT2D eigenvalue weighted by Crippen LogP contribution is -2.58. The maximum atomic E-state index is 13.6. The number of hydrogen-bond acceptors (Lipinski definition) is 7. The van der Waals surface area contributed by atoms with Crippen LogP contribution in [-0.2, 0) is 25.7 Å². The number of amides is 3. The predicted molar refractivity (Wildman–Crippen MR) is 147 cm³/mol. The molecule has 0 bridgehead atoms. The number of aliphatic hydroxyl groups excluding tert-OH is 1. The molecule has 0 aliphatic carbocycles. The van der Waals surface area contributed by atoms with Crippen molar-refractivity contribution in [3.05, 3.63) is 41.0 Å². The van der Waals surface area contributed by atoms with Crippen LogP contribution in [0.25, 0.3) is 10.4 Å². The minimum Gasteiger partial charge on any atom is -0.391 e. The summed E-state index contributed by atoms with van der Waals surface area (Å²) in [4.78, 5) is 46.1. The summed E-state index contributed by atoms with van der Waals surface area (Å²) in [5, 5.41) is 16.0. The topological polar surface area (TPSA) is 121 Å². The summed E-state index contributed by atoms with van der Waals surface area (Å²) in [7, 11) is 0. The van der Waals surface area contributed by atoms with Gasteiger partial charge in [0.2, 0.25) is 17.7 Å². The summed E-state index contributed by atoms with van der Waals surface area (Å²) < 4.78 is 5.42. The van der Waals surface area contributed by atoms with E-state index in [4.69, 9.17) is 4.74 Å². The fourth-order valence-electron chi connectivity index (χ4n) is 4.37. The monoisotopic (exact) mass is 544 g/mol. The van der Waals surface area contributed by atoms with E-state index in [-0.39, 0.29) is 31.4 Å². The molecule has 1 aromatic heterocycles. The number of carbonyl (C=O) groups excluding carboxylic acids is 3. The molecule has 9 nitrogen and oxygen atoms in total. The van der Waals surface area contributed by atoms with Crippen LogP contribution < -0.4 is 10.6 Å². The Bertz CT molecular complexity index is 1110. The number of aromatic nitrogens is 1. The van der Waals surface area contributed by atoms with E-state index in [2.05, 4.69) is 15.6 Å². The lowest BCUT2D eigenvalue weighted by molar-refractivity contribution is -0.144. The van der Waals surface area contributed by atoms with E-state index in [1.165, 1.54) is 4.90 Å². The fraction of sp³-hybridized carbons (Fsp3) is 0.571. The molecule has 208 valence electrons. The van der Waals surface area contributed by atoms with Crippen molar-refractivity contribution in [1.29, 1.82) is 0 Å². The first-order chi connectivity index (χ1) is 17.9. The zero-order valence-corrected chi connectivity index (χ0v) is 23.9. The highest BCUT2D eigenvalue weighted by atomic mass is 32.1. The first kappa shape index (κ1) is 29.7. The van der Waals surface area contributed by atoms with Gasteiger partial charge in [-0.15, -0.1) is 11.3 Å². The molecule has 2 aromatic rings. The van der Waals surface area contributed by atoms with Crippen molar-refractivity contribution in [3.8, 4) is 10.4 Å². The molecule has 2 heterocycles. The summed E-state index contributed by atoms with van der Waals surface area (Å²) >= 11 is 1.58. The second-order valence-electron chi connectivity index (χ2n) is 11.4. The average Bonchev–Trinajstić information content (AvgIpc) is 3.45. The maximum absolute atomic E-state index is 13.6. The number of nitrogens with zero attached hydrogens (tertiary/aromatic N) is 2. The van der Waals surface area contributed by atoms with Crippen LogP contribution in [0, 0.1) is 18.3 Å². The molecular formula is C28H40N4O5S. The van der Waals surface area contributed by atoms with Crippen LogP contribution in [0.3, 0.4) is 0 Å². The molecule has 1 aromatic carbocycles. The van der Waals surface area contributed by atoms with Crippen molar-refractivity contribution in [2.75, 3.05) is 19.8 Å². The molecule has 0 spiro atoms. The number of hydrogen-bond donors (Lipinski definition) is 3. The maximum Gasteiger partial charge on any atom is 0.246 e. The van der Waals surface area contributed by atoms with Crippen LogP contribution in [0.5, 0.6) is 0 Å². The number of ether oxygens (including phenoxy) is 1. The molecular weight excluding hydrogens is 504 g/mol. The molecule has 38 heavy (non-hydrogen) atoms. The van der Waals surface area contributed by atoms with Crippen LogP contribution in [0.2, 0.25) is 0 Å². The molecule has 1 aliphatic heterocycles. The standard InChI is InChI=1S/C28H40N4O5S/c1-17(2)14-37-15-23(34)31-25(28(4,5)6)27(36)32-13-21(33)11-22(32)26(35)29-12-19-7-9-20(10-8-19)24-18(3)30-16-38-24/h7-10,16-17,21-22,25,33H,11-15H2,1-6H3,(H,29,35)(H,31,34)/t21-,22+,25-/m1/s1. The van der Waals surface area contributed by atoms with Gasteiger partial charge < -0.3 is 25.4 Å². The van der Waals surface area contributed by atoms with Crippen molar-refractivity contribution in [2.45, 2.75) is 72.7 Å². The molecule has 3 atom stereocenters. The van der Waals surface area contributed by atoms with Crippen LogP contribution in [-0.4, -0.2) is 70.7 Å². The van der Waals surface area contributed by atoms with Gasteiger partial charge in [-0.25, -0.2) is 4.98 Å². The first-order valence-electron chi connectivity index (χ1n) is 13.0. The highest BCUT2D eigenvalue weighted by Crippen LogP contribution is 2.28. The number of carbonyl (C=O) groups is 3. The number of β-amino-alcohol motifs (C(OH)–C–C–N with tert-alkyl or cyclic N) is 1. The van der Waals surface area contributed by atoms with Crippen LogP contribution in [0.1, 0.15) is 52.3 Å². The molecule has 0 unspecified atom stereocenters. The Hall–Kier alpha value is -2.82. The molecule has 1 fully saturated rings. The molecule has 10 heteroatoms. The van der Waals surface area contributed by atoms with Crippen LogP contribution in [0.15, 0.2) is 29.8 Å². The van der Waals surface area contributed by atoms with E-state index >= 15 is 0 Å². The third-order valence-corrected chi connectivity index (χ3v) is 7.37. The molecule has 3 amide bonds. The third kappa shape index (κ3) is 7.85. The number of aliphatic hydroxyl groups is 1. The Kier molecular flexibility index (Phi) is 10.0. The highest BCUT2D eigenvalue weighted by Gasteiger charge is 2.44. The summed E-state index contributed by atoms with van der Waals surface area (Å²) in [6.07, 6.45) is -0.675. The Morgan fingerprint density at radius 3 is 2.47 bits per heavy atom. The largest absolute Gasteiger partial charge is 0.391 e. The Balaban J connectivity index is 1.64. The summed E-state index contributed by atoms with van der Waals surface area (Å²) in [6.45, 7) is 12.1. The SMILES string of the molecule is Cc1ncsc1-c1ccc(CNC(=O)[C@@H]2C[C@@H](O)CN2C(=O)[C@@H](NC(=O)COCC(C)C)C(C)(C)C)cc1. The molecule has 0 saturated carbocycles. The van der Waals surface area contributed by atoms with Crippen molar-refractivity contribution in [3.63, 3.8) is 0 Å².